The topological polar surface area (TPSA) is 21.3 Å². The molecule has 14 heavy (non-hydrogen) atoms. The van der Waals surface area contributed by atoms with Gasteiger partial charge in [-0.2, -0.15) is 0 Å². The number of halogens is 1. The first-order valence-electron chi connectivity index (χ1n) is 4.72. The summed E-state index contributed by atoms with van der Waals surface area (Å²) in [5.74, 6) is 0. The molecule has 0 radical (unpaired) electrons. The van der Waals surface area contributed by atoms with Gasteiger partial charge in [-0.15, -0.1) is 0 Å². The summed E-state index contributed by atoms with van der Waals surface area (Å²) in [6.45, 7) is 3.79. The first-order valence-corrected chi connectivity index (χ1v) is 5.51. The summed E-state index contributed by atoms with van der Waals surface area (Å²) in [4.78, 5) is 0. The van der Waals surface area contributed by atoms with E-state index in [2.05, 4.69) is 52.4 Å². The third-order valence-corrected chi connectivity index (χ3v) is 2.66. The van der Waals surface area contributed by atoms with E-state index in [9.17, 15) is 0 Å². The normalized spacial score (nSPS) is 12.8. The molecule has 0 heterocycles. The van der Waals surface area contributed by atoms with E-state index in [-0.39, 0.29) is 0 Å². The zero-order valence-electron chi connectivity index (χ0n) is 8.59. The Bertz CT molecular complexity index is 260. The summed E-state index contributed by atoms with van der Waals surface area (Å²) in [7, 11) is 1.71. The lowest BCUT2D eigenvalue weighted by Crippen LogP contribution is -2.22. The highest BCUT2D eigenvalue weighted by Gasteiger charge is 2.02. The van der Waals surface area contributed by atoms with Crippen LogP contribution in [-0.2, 0) is 4.74 Å². The molecule has 0 aliphatic heterocycles. The van der Waals surface area contributed by atoms with Crippen LogP contribution in [0.1, 0.15) is 18.5 Å². The minimum atomic E-state index is 0.373. The molecule has 0 aromatic heterocycles. The van der Waals surface area contributed by atoms with Gasteiger partial charge in [-0.1, -0.05) is 28.1 Å². The molecule has 0 amide bonds. The fourth-order valence-corrected chi connectivity index (χ4v) is 1.51. The number of nitrogens with one attached hydrogen (secondary N) is 1. The summed E-state index contributed by atoms with van der Waals surface area (Å²) in [5, 5.41) is 3.38. The molecule has 2 nitrogen and oxygen atoms in total. The molecule has 1 N–H and O–H groups in total. The summed E-state index contributed by atoms with van der Waals surface area (Å²) < 4.78 is 6.09. The smallest absolute Gasteiger partial charge is 0.0587 e. The predicted octanol–water partition coefficient (Wildman–Crippen LogP) is 2.75. The van der Waals surface area contributed by atoms with Gasteiger partial charge in [0.05, 0.1) is 6.61 Å². The molecule has 0 fully saturated rings. The van der Waals surface area contributed by atoms with Crippen LogP contribution >= 0.6 is 15.9 Å². The average Bonchev–Trinajstić information content (AvgIpc) is 2.19. The lowest BCUT2D eigenvalue weighted by molar-refractivity contribution is 0.196. The lowest BCUT2D eigenvalue weighted by atomic mass is 10.1. The molecule has 0 aliphatic rings. The average molecular weight is 258 g/mol. The molecule has 78 valence electrons. The number of methoxy groups -OCH3 is 1. The standard InChI is InChI=1S/C11H16BrNO/c1-9(13-7-8-14-2)10-3-5-11(12)6-4-10/h3-6,9,13H,7-8H2,1-2H3/t9-/m0/s1. The van der Waals surface area contributed by atoms with Crippen molar-refractivity contribution in [1.29, 1.82) is 0 Å². The van der Waals surface area contributed by atoms with E-state index in [4.69, 9.17) is 4.74 Å². The number of hydrogen-bond acceptors (Lipinski definition) is 2. The van der Waals surface area contributed by atoms with Gasteiger partial charge in [0.15, 0.2) is 0 Å². The minimum absolute atomic E-state index is 0.373. The molecule has 1 rings (SSSR count). The summed E-state index contributed by atoms with van der Waals surface area (Å²) in [6.07, 6.45) is 0. The molecule has 1 atom stereocenters. The Hall–Kier alpha value is -0.380. The first-order chi connectivity index (χ1) is 6.74. The Balaban J connectivity index is 2.43. The largest absolute Gasteiger partial charge is 0.383 e. The summed E-state index contributed by atoms with van der Waals surface area (Å²) >= 11 is 3.42. The monoisotopic (exact) mass is 257 g/mol. The van der Waals surface area contributed by atoms with Crippen LogP contribution in [0.25, 0.3) is 0 Å². The molecule has 0 saturated heterocycles. The van der Waals surface area contributed by atoms with Crippen LogP contribution in [0.4, 0.5) is 0 Å². The van der Waals surface area contributed by atoms with Gasteiger partial charge in [0, 0.05) is 24.2 Å². The van der Waals surface area contributed by atoms with Crippen LogP contribution in [0.5, 0.6) is 0 Å². The Morgan fingerprint density at radius 1 is 1.36 bits per heavy atom. The number of ether oxygens (including phenoxy) is 1. The second-order valence-electron chi connectivity index (χ2n) is 3.22. The van der Waals surface area contributed by atoms with E-state index in [1.165, 1.54) is 5.56 Å². The SMILES string of the molecule is COCCN[C@@H](C)c1ccc(Br)cc1. The maximum atomic E-state index is 4.98. The van der Waals surface area contributed by atoms with Crippen molar-refractivity contribution in [3.8, 4) is 0 Å². The van der Waals surface area contributed by atoms with Crippen LogP contribution < -0.4 is 5.32 Å². The van der Waals surface area contributed by atoms with E-state index >= 15 is 0 Å². The van der Waals surface area contributed by atoms with E-state index in [0.717, 1.165) is 17.6 Å². The van der Waals surface area contributed by atoms with Gasteiger partial charge in [-0.05, 0) is 24.6 Å². The lowest BCUT2D eigenvalue weighted by Gasteiger charge is -2.13. The molecule has 0 aliphatic carbocycles. The molecular weight excluding hydrogens is 242 g/mol. The Morgan fingerprint density at radius 2 is 2.00 bits per heavy atom. The second-order valence-corrected chi connectivity index (χ2v) is 4.14. The van der Waals surface area contributed by atoms with E-state index in [1.807, 2.05) is 0 Å². The zero-order valence-corrected chi connectivity index (χ0v) is 10.2. The molecular formula is C11H16BrNO. The molecule has 1 aromatic carbocycles. The van der Waals surface area contributed by atoms with E-state index in [0.29, 0.717) is 6.04 Å². The van der Waals surface area contributed by atoms with Gasteiger partial charge in [0.25, 0.3) is 0 Å². The van der Waals surface area contributed by atoms with Gasteiger partial charge < -0.3 is 10.1 Å². The van der Waals surface area contributed by atoms with Gasteiger partial charge in [-0.25, -0.2) is 0 Å². The molecule has 0 saturated carbocycles. The maximum absolute atomic E-state index is 4.98. The van der Waals surface area contributed by atoms with Gasteiger partial charge in [0.2, 0.25) is 0 Å². The zero-order chi connectivity index (χ0) is 10.4. The Labute approximate surface area is 93.8 Å². The van der Waals surface area contributed by atoms with Crippen molar-refractivity contribution < 1.29 is 4.74 Å². The predicted molar refractivity (Wildman–Crippen MR) is 62.4 cm³/mol. The van der Waals surface area contributed by atoms with Crippen LogP contribution in [0.2, 0.25) is 0 Å². The van der Waals surface area contributed by atoms with Crippen LogP contribution in [0.15, 0.2) is 28.7 Å². The van der Waals surface area contributed by atoms with Crippen molar-refractivity contribution in [3.63, 3.8) is 0 Å². The number of rotatable bonds is 5. The van der Waals surface area contributed by atoms with Crippen molar-refractivity contribution in [2.45, 2.75) is 13.0 Å². The highest BCUT2D eigenvalue weighted by Crippen LogP contribution is 2.15. The molecule has 0 spiro atoms. The quantitative estimate of drug-likeness (QED) is 0.820. The minimum Gasteiger partial charge on any atom is -0.383 e. The number of benzene rings is 1. The molecule has 3 heteroatoms. The third kappa shape index (κ3) is 3.78. The highest BCUT2D eigenvalue weighted by molar-refractivity contribution is 9.10. The van der Waals surface area contributed by atoms with Gasteiger partial charge in [-0.3, -0.25) is 0 Å². The van der Waals surface area contributed by atoms with E-state index in [1.54, 1.807) is 7.11 Å². The Kier molecular flexibility index (Phi) is 5.15. The Morgan fingerprint density at radius 3 is 2.57 bits per heavy atom. The van der Waals surface area contributed by atoms with Crippen molar-refractivity contribution in [3.05, 3.63) is 34.3 Å². The summed E-state index contributed by atoms with van der Waals surface area (Å²) in [6, 6.07) is 8.73. The van der Waals surface area contributed by atoms with Crippen LogP contribution in [0.3, 0.4) is 0 Å². The molecule has 0 unspecified atom stereocenters. The van der Waals surface area contributed by atoms with Crippen molar-refractivity contribution >= 4 is 15.9 Å². The first kappa shape index (κ1) is 11.7. The van der Waals surface area contributed by atoms with Crippen molar-refractivity contribution in [1.82, 2.24) is 5.32 Å². The van der Waals surface area contributed by atoms with E-state index < -0.39 is 0 Å². The summed E-state index contributed by atoms with van der Waals surface area (Å²) in [5.41, 5.74) is 1.30. The van der Waals surface area contributed by atoms with Crippen LogP contribution in [0, 0.1) is 0 Å². The molecule has 0 bridgehead atoms. The van der Waals surface area contributed by atoms with Gasteiger partial charge in [0.1, 0.15) is 0 Å². The fraction of sp³-hybridized carbons (Fsp3) is 0.455. The number of hydrogen-bond donors (Lipinski definition) is 1. The van der Waals surface area contributed by atoms with Gasteiger partial charge >= 0.3 is 0 Å². The fourth-order valence-electron chi connectivity index (χ4n) is 1.25. The molecule has 1 aromatic rings. The van der Waals surface area contributed by atoms with Crippen molar-refractivity contribution in [2.24, 2.45) is 0 Å². The third-order valence-electron chi connectivity index (χ3n) is 2.13. The van der Waals surface area contributed by atoms with Crippen molar-refractivity contribution in [2.75, 3.05) is 20.3 Å². The second kappa shape index (κ2) is 6.17. The maximum Gasteiger partial charge on any atom is 0.0587 e. The van der Waals surface area contributed by atoms with Crippen LogP contribution in [-0.4, -0.2) is 20.3 Å². The highest BCUT2D eigenvalue weighted by atomic mass is 79.9.